The summed E-state index contributed by atoms with van der Waals surface area (Å²) in [5.74, 6) is -1.26. The predicted octanol–water partition coefficient (Wildman–Crippen LogP) is 0.692. The molecule has 194 valence electrons. The number of aliphatic hydroxyl groups excluding tert-OH is 3. The van der Waals surface area contributed by atoms with Crippen molar-refractivity contribution in [3.05, 3.63) is 72.6 Å². The van der Waals surface area contributed by atoms with Crippen LogP contribution >= 0.6 is 0 Å². The molecule has 5 N–H and O–H groups in total. The molecule has 2 heterocycles. The zero-order chi connectivity index (χ0) is 26.5. The highest BCUT2D eigenvalue weighted by atomic mass is 16.5. The maximum Gasteiger partial charge on any atom is 0.370 e. The molecule has 0 bridgehead atoms. The Kier molecular flexibility index (Phi) is 7.82. The highest BCUT2D eigenvalue weighted by molar-refractivity contribution is 5.84. The zero-order valence-electron chi connectivity index (χ0n) is 19.7. The summed E-state index contributed by atoms with van der Waals surface area (Å²) in [6.45, 7) is 0.971. The van der Waals surface area contributed by atoms with Crippen molar-refractivity contribution in [2.24, 2.45) is 0 Å². The van der Waals surface area contributed by atoms with Crippen molar-refractivity contribution in [1.82, 2.24) is 20.3 Å². The summed E-state index contributed by atoms with van der Waals surface area (Å²) in [5, 5.41) is 51.4. The fraction of sp³-hybridized carbons (Fsp3) is 0.280. The number of carbonyl (C=O) groups is 2. The summed E-state index contributed by atoms with van der Waals surface area (Å²) in [5.41, 5.74) is 1.24. The van der Waals surface area contributed by atoms with Gasteiger partial charge in [-0.25, -0.2) is 9.48 Å². The van der Waals surface area contributed by atoms with Crippen LogP contribution in [0.3, 0.4) is 0 Å². The second-order valence-corrected chi connectivity index (χ2v) is 8.46. The maximum absolute atomic E-state index is 11.6. The number of carbonyl (C=O) groups excluding carboxylic acids is 1. The smallest absolute Gasteiger partial charge is 0.370 e. The fourth-order valence-corrected chi connectivity index (χ4v) is 3.88. The second-order valence-electron chi connectivity index (χ2n) is 8.46. The number of nitrogens with one attached hydrogen (secondary N) is 1. The zero-order valence-corrected chi connectivity index (χ0v) is 19.7. The van der Waals surface area contributed by atoms with Crippen molar-refractivity contribution in [3.63, 3.8) is 0 Å². The Labute approximate surface area is 211 Å². The third-order valence-electron chi connectivity index (χ3n) is 5.66. The Hall–Kier alpha value is -4.26. The van der Waals surface area contributed by atoms with E-state index < -0.39 is 48.1 Å². The monoisotopic (exact) mass is 510 g/mol. The third kappa shape index (κ3) is 6.30. The van der Waals surface area contributed by atoms with Gasteiger partial charge in [0.25, 0.3) is 0 Å². The number of aliphatic carboxylic acids is 1. The summed E-state index contributed by atoms with van der Waals surface area (Å²) in [6, 6.07) is 15.3. The molecule has 0 saturated carbocycles. The van der Waals surface area contributed by atoms with Crippen LogP contribution in [-0.4, -0.2) is 77.8 Å². The standard InChI is InChI=1S/C25H26N4O8/c1-14(30)26-22-19(31)11-21(25(34)35)37-24(22)23(33)20(32)13-29-12-18(27-28-29)15-7-9-17(10-8-15)36-16-5-3-2-4-6-16/h2-12,19-20,22-24,31-33H,13H2,1H3,(H,26,30)(H,34,35)/t19-,20+,22+,23+,24+/m0/s1. The molecule has 1 aromatic heterocycles. The number of hydrogen-bond donors (Lipinski definition) is 5. The lowest BCUT2D eigenvalue weighted by Crippen LogP contribution is -2.59. The number of aliphatic hydroxyl groups is 3. The van der Waals surface area contributed by atoms with Crippen LogP contribution in [-0.2, 0) is 20.9 Å². The van der Waals surface area contributed by atoms with Gasteiger partial charge in [-0.15, -0.1) is 5.10 Å². The van der Waals surface area contributed by atoms with Gasteiger partial charge in [-0.2, -0.15) is 0 Å². The molecule has 37 heavy (non-hydrogen) atoms. The molecule has 12 heteroatoms. The highest BCUT2D eigenvalue weighted by Crippen LogP contribution is 2.26. The van der Waals surface area contributed by atoms with Crippen LogP contribution in [0.1, 0.15) is 6.92 Å². The number of ether oxygens (including phenoxy) is 2. The normalized spacial score (nSPS) is 20.8. The van der Waals surface area contributed by atoms with Crippen LogP contribution in [0.5, 0.6) is 11.5 Å². The van der Waals surface area contributed by atoms with E-state index in [1.54, 1.807) is 30.5 Å². The van der Waals surface area contributed by atoms with Crippen LogP contribution in [0, 0.1) is 0 Å². The molecule has 0 fully saturated rings. The van der Waals surface area contributed by atoms with E-state index in [1.165, 1.54) is 11.6 Å². The summed E-state index contributed by atoms with van der Waals surface area (Å²) < 4.78 is 12.4. The molecule has 1 aliphatic rings. The van der Waals surface area contributed by atoms with Gasteiger partial charge in [0.15, 0.2) is 6.10 Å². The molecule has 0 aliphatic carbocycles. The van der Waals surface area contributed by atoms with Gasteiger partial charge >= 0.3 is 5.97 Å². The second kappa shape index (κ2) is 11.2. The van der Waals surface area contributed by atoms with E-state index in [0.717, 1.165) is 11.6 Å². The first-order chi connectivity index (χ1) is 17.7. The Morgan fingerprint density at radius 1 is 1.11 bits per heavy atom. The quantitative estimate of drug-likeness (QED) is 0.275. The molecule has 3 aromatic rings. The molecule has 1 amide bonds. The number of amides is 1. The van der Waals surface area contributed by atoms with Crippen molar-refractivity contribution in [1.29, 1.82) is 0 Å². The van der Waals surface area contributed by atoms with Crippen molar-refractivity contribution in [2.45, 2.75) is 43.9 Å². The van der Waals surface area contributed by atoms with Gasteiger partial charge in [0.05, 0.1) is 18.8 Å². The Morgan fingerprint density at radius 2 is 1.78 bits per heavy atom. The molecular weight excluding hydrogens is 484 g/mol. The van der Waals surface area contributed by atoms with Crippen LogP contribution in [0.2, 0.25) is 0 Å². The molecular formula is C25H26N4O8. The van der Waals surface area contributed by atoms with Gasteiger partial charge in [-0.3, -0.25) is 4.79 Å². The number of nitrogens with zero attached hydrogens (tertiary/aromatic N) is 3. The van der Waals surface area contributed by atoms with Crippen LogP contribution in [0.4, 0.5) is 0 Å². The first kappa shape index (κ1) is 25.8. The molecule has 0 radical (unpaired) electrons. The summed E-state index contributed by atoms with van der Waals surface area (Å²) >= 11 is 0. The van der Waals surface area contributed by atoms with E-state index in [-0.39, 0.29) is 6.54 Å². The Morgan fingerprint density at radius 3 is 2.43 bits per heavy atom. The molecule has 12 nitrogen and oxygen atoms in total. The number of para-hydroxylation sites is 1. The van der Waals surface area contributed by atoms with Crippen LogP contribution in [0.25, 0.3) is 11.3 Å². The molecule has 0 spiro atoms. The van der Waals surface area contributed by atoms with Gasteiger partial charge < -0.3 is 35.2 Å². The van der Waals surface area contributed by atoms with Gasteiger partial charge in [0, 0.05) is 12.5 Å². The summed E-state index contributed by atoms with van der Waals surface area (Å²) in [7, 11) is 0. The minimum absolute atomic E-state index is 0.224. The lowest BCUT2D eigenvalue weighted by atomic mass is 9.93. The van der Waals surface area contributed by atoms with Gasteiger partial charge in [-0.1, -0.05) is 23.4 Å². The van der Waals surface area contributed by atoms with Crippen molar-refractivity contribution in [2.75, 3.05) is 0 Å². The molecule has 5 atom stereocenters. The largest absolute Gasteiger partial charge is 0.478 e. The number of carboxylic acids is 1. The maximum atomic E-state index is 11.6. The van der Waals surface area contributed by atoms with Gasteiger partial charge in [0.2, 0.25) is 11.7 Å². The van der Waals surface area contributed by atoms with E-state index in [0.29, 0.717) is 17.2 Å². The van der Waals surface area contributed by atoms with E-state index in [2.05, 4.69) is 15.6 Å². The van der Waals surface area contributed by atoms with E-state index in [9.17, 15) is 30.0 Å². The van der Waals surface area contributed by atoms with Crippen LogP contribution < -0.4 is 10.1 Å². The van der Waals surface area contributed by atoms with Crippen molar-refractivity contribution >= 4 is 11.9 Å². The minimum atomic E-state index is -1.68. The highest BCUT2D eigenvalue weighted by Gasteiger charge is 2.43. The average Bonchev–Trinajstić information content (AvgIpc) is 3.33. The predicted molar refractivity (Wildman–Crippen MR) is 128 cm³/mol. The lowest BCUT2D eigenvalue weighted by molar-refractivity contribution is -0.148. The average molecular weight is 511 g/mol. The number of aromatic nitrogens is 3. The fourth-order valence-electron chi connectivity index (χ4n) is 3.88. The molecule has 1 aliphatic heterocycles. The first-order valence-corrected chi connectivity index (χ1v) is 11.4. The van der Waals surface area contributed by atoms with E-state index in [1.807, 2.05) is 30.3 Å². The van der Waals surface area contributed by atoms with E-state index in [4.69, 9.17) is 9.47 Å². The molecule has 4 rings (SSSR count). The third-order valence-corrected chi connectivity index (χ3v) is 5.66. The number of rotatable bonds is 9. The van der Waals surface area contributed by atoms with Gasteiger partial charge in [0.1, 0.15) is 35.5 Å². The minimum Gasteiger partial charge on any atom is -0.478 e. The van der Waals surface area contributed by atoms with Crippen molar-refractivity contribution < 1.29 is 39.5 Å². The van der Waals surface area contributed by atoms with Crippen molar-refractivity contribution in [3.8, 4) is 22.8 Å². The summed E-state index contributed by atoms with van der Waals surface area (Å²) in [6.07, 6.45) is -3.60. The summed E-state index contributed by atoms with van der Waals surface area (Å²) in [4.78, 5) is 22.9. The Balaban J connectivity index is 1.43. The number of benzene rings is 2. The van der Waals surface area contributed by atoms with Crippen LogP contribution in [0.15, 0.2) is 72.6 Å². The Bertz CT molecular complexity index is 1260. The number of carboxylic acid groups (broad SMARTS) is 1. The van der Waals surface area contributed by atoms with E-state index >= 15 is 0 Å². The first-order valence-electron chi connectivity index (χ1n) is 11.4. The molecule has 0 saturated heterocycles. The topological polar surface area (TPSA) is 176 Å². The SMILES string of the molecule is CC(=O)N[C@H]1[C@H]([C@H](O)[C@H](O)Cn2cc(-c3ccc(Oc4ccccc4)cc3)nn2)OC(C(=O)O)=C[C@@H]1O. The van der Waals surface area contributed by atoms with Gasteiger partial charge in [-0.05, 0) is 42.5 Å². The number of hydrogen-bond acceptors (Lipinski definition) is 9. The molecule has 2 aromatic carbocycles. The lowest BCUT2D eigenvalue weighted by Gasteiger charge is -2.38. The molecule has 0 unspecified atom stereocenters.